The third-order valence-electron chi connectivity index (χ3n) is 6.65. The van der Waals surface area contributed by atoms with E-state index in [1.165, 1.54) is 0 Å². The zero-order chi connectivity index (χ0) is 24.4. The molecule has 0 unspecified atom stereocenters. The van der Waals surface area contributed by atoms with Crippen molar-refractivity contribution in [2.75, 3.05) is 44.3 Å². The summed E-state index contributed by atoms with van der Waals surface area (Å²) in [6, 6.07) is 7.51. The first-order chi connectivity index (χ1) is 17.0. The lowest BCUT2D eigenvalue weighted by molar-refractivity contribution is 0.0925. The molecule has 5 heterocycles. The van der Waals surface area contributed by atoms with Crippen LogP contribution in [-0.2, 0) is 17.7 Å². The van der Waals surface area contributed by atoms with E-state index in [1.807, 2.05) is 31.3 Å². The van der Waals surface area contributed by atoms with Gasteiger partial charge in [-0.05, 0) is 42.7 Å². The zero-order valence-corrected chi connectivity index (χ0v) is 20.5. The Morgan fingerprint density at radius 2 is 2.09 bits per heavy atom. The molecule has 1 amide bonds. The summed E-state index contributed by atoms with van der Waals surface area (Å²) in [5.74, 6) is -0.227. The van der Waals surface area contributed by atoms with Crippen molar-refractivity contribution >= 4 is 34.2 Å². The van der Waals surface area contributed by atoms with Crippen molar-refractivity contribution in [3.8, 4) is 0 Å². The fraction of sp³-hybridized carbons (Fsp3) is 0.440. The molecule has 184 valence electrons. The highest BCUT2D eigenvalue weighted by molar-refractivity contribution is 6.32. The van der Waals surface area contributed by atoms with E-state index in [2.05, 4.69) is 30.1 Å². The van der Waals surface area contributed by atoms with E-state index in [9.17, 15) is 9.59 Å². The summed E-state index contributed by atoms with van der Waals surface area (Å²) in [4.78, 5) is 41.0. The van der Waals surface area contributed by atoms with Crippen LogP contribution in [0, 0.1) is 0 Å². The molecule has 5 rings (SSSR count). The highest BCUT2D eigenvalue weighted by atomic mass is 35.5. The number of carbonyl (C=O) groups excluding carboxylic acids is 1. The first-order valence-corrected chi connectivity index (χ1v) is 12.4. The molecule has 9 nitrogen and oxygen atoms in total. The summed E-state index contributed by atoms with van der Waals surface area (Å²) in [5, 5.41) is 3.28. The number of aromatic amines is 1. The number of aryl methyl sites for hydroxylation is 1. The standard InChI is InChI=1S/C25H29ClN6O3/c1-2-17-12-20-21(30-24(17)33)11-16(13-27-20)14-31-6-8-32(9-7-31)22-4-3-19(29-23(22)26)25(34)28-18-5-10-35-15-18/h3-4,11-13,18H,2,5-10,14-15H2,1H3,(H,28,34)(H,30,33)/t18-/m1/s1. The molecule has 2 aliphatic rings. The van der Waals surface area contributed by atoms with Crippen LogP contribution >= 0.6 is 11.6 Å². The first kappa shape index (κ1) is 23.7. The van der Waals surface area contributed by atoms with Crippen molar-refractivity contribution in [2.24, 2.45) is 0 Å². The molecule has 35 heavy (non-hydrogen) atoms. The van der Waals surface area contributed by atoms with Crippen LogP contribution in [0.1, 0.15) is 35.0 Å². The third kappa shape index (κ3) is 5.32. The van der Waals surface area contributed by atoms with Gasteiger partial charge in [-0.15, -0.1) is 0 Å². The summed E-state index contributed by atoms with van der Waals surface area (Å²) in [6.07, 6.45) is 3.38. The van der Waals surface area contributed by atoms with E-state index in [1.54, 1.807) is 6.07 Å². The number of amides is 1. The number of pyridine rings is 3. The molecule has 0 radical (unpaired) electrons. The highest BCUT2D eigenvalue weighted by Gasteiger charge is 2.23. The summed E-state index contributed by atoms with van der Waals surface area (Å²) < 4.78 is 5.30. The molecule has 2 fully saturated rings. The fourth-order valence-corrected chi connectivity index (χ4v) is 4.89. The van der Waals surface area contributed by atoms with Gasteiger partial charge in [-0.2, -0.15) is 0 Å². The van der Waals surface area contributed by atoms with Gasteiger partial charge < -0.3 is 19.9 Å². The lowest BCUT2D eigenvalue weighted by Gasteiger charge is -2.36. The molecule has 2 aliphatic heterocycles. The Hall–Kier alpha value is -3.01. The van der Waals surface area contributed by atoms with Crippen LogP contribution in [0.15, 0.2) is 35.3 Å². The molecule has 0 aliphatic carbocycles. The molecular formula is C25H29ClN6O3. The van der Waals surface area contributed by atoms with Crippen molar-refractivity contribution in [3.05, 3.63) is 62.8 Å². The molecule has 0 spiro atoms. The Labute approximate surface area is 208 Å². The SMILES string of the molecule is CCc1cc2ncc(CN3CCN(c4ccc(C(=O)N[C@@H]5CCOC5)nc4Cl)CC3)cc2[nH]c1=O. The third-order valence-corrected chi connectivity index (χ3v) is 6.93. The second-order valence-electron chi connectivity index (χ2n) is 9.06. The molecule has 0 bridgehead atoms. The average molecular weight is 497 g/mol. The normalized spacial score (nSPS) is 18.8. The van der Waals surface area contributed by atoms with Crippen molar-refractivity contribution in [1.29, 1.82) is 0 Å². The monoisotopic (exact) mass is 496 g/mol. The maximum Gasteiger partial charge on any atom is 0.270 e. The van der Waals surface area contributed by atoms with Gasteiger partial charge in [0.25, 0.3) is 11.5 Å². The summed E-state index contributed by atoms with van der Waals surface area (Å²) in [7, 11) is 0. The van der Waals surface area contributed by atoms with E-state index in [0.717, 1.165) is 67.0 Å². The molecule has 10 heteroatoms. The van der Waals surface area contributed by atoms with Gasteiger partial charge in [0.15, 0.2) is 5.15 Å². The summed E-state index contributed by atoms with van der Waals surface area (Å²) in [6.45, 7) is 7.22. The van der Waals surface area contributed by atoms with E-state index in [4.69, 9.17) is 16.3 Å². The molecular weight excluding hydrogens is 468 g/mol. The summed E-state index contributed by atoms with van der Waals surface area (Å²) in [5.41, 5.74) is 4.50. The van der Waals surface area contributed by atoms with E-state index in [-0.39, 0.29) is 17.5 Å². The largest absolute Gasteiger partial charge is 0.379 e. The number of rotatable bonds is 6. The number of hydrogen-bond acceptors (Lipinski definition) is 7. The van der Waals surface area contributed by atoms with Crippen molar-refractivity contribution < 1.29 is 9.53 Å². The molecule has 0 saturated carbocycles. The van der Waals surface area contributed by atoms with Crippen LogP contribution in [0.4, 0.5) is 5.69 Å². The Bertz CT molecular complexity index is 1280. The Balaban J connectivity index is 1.19. The molecule has 3 aromatic rings. The van der Waals surface area contributed by atoms with Crippen LogP contribution in [0.5, 0.6) is 0 Å². The number of fused-ring (bicyclic) bond motifs is 1. The van der Waals surface area contributed by atoms with Crippen molar-refractivity contribution in [1.82, 2.24) is 25.2 Å². The van der Waals surface area contributed by atoms with Crippen LogP contribution in [0.3, 0.4) is 0 Å². The number of H-pyrrole nitrogens is 1. The summed E-state index contributed by atoms with van der Waals surface area (Å²) >= 11 is 6.47. The number of hydrogen-bond donors (Lipinski definition) is 2. The first-order valence-electron chi connectivity index (χ1n) is 12.0. The number of carbonyl (C=O) groups is 1. The van der Waals surface area contributed by atoms with Gasteiger partial charge in [-0.3, -0.25) is 19.5 Å². The number of piperazine rings is 1. The molecule has 3 aromatic heterocycles. The Kier molecular flexibility index (Phi) is 6.99. The van der Waals surface area contributed by atoms with Gasteiger partial charge in [0, 0.05) is 51.1 Å². The van der Waals surface area contributed by atoms with Crippen molar-refractivity contribution in [2.45, 2.75) is 32.4 Å². The van der Waals surface area contributed by atoms with Gasteiger partial charge in [-0.1, -0.05) is 18.5 Å². The smallest absolute Gasteiger partial charge is 0.270 e. The predicted octanol–water partition coefficient (Wildman–Crippen LogP) is 2.37. The quantitative estimate of drug-likeness (QED) is 0.505. The predicted molar refractivity (Wildman–Crippen MR) is 135 cm³/mol. The van der Waals surface area contributed by atoms with E-state index < -0.39 is 0 Å². The number of ether oxygens (including phenoxy) is 1. The van der Waals surface area contributed by atoms with Gasteiger partial charge >= 0.3 is 0 Å². The van der Waals surface area contributed by atoms with Gasteiger partial charge in [0.05, 0.1) is 29.4 Å². The molecule has 0 aromatic carbocycles. The van der Waals surface area contributed by atoms with Crippen molar-refractivity contribution in [3.63, 3.8) is 0 Å². The number of nitrogens with one attached hydrogen (secondary N) is 2. The topological polar surface area (TPSA) is 103 Å². The van der Waals surface area contributed by atoms with Crippen LogP contribution in [-0.4, -0.2) is 71.2 Å². The second kappa shape index (κ2) is 10.3. The molecule has 2 saturated heterocycles. The van der Waals surface area contributed by atoms with Gasteiger partial charge in [0.1, 0.15) is 5.69 Å². The van der Waals surface area contributed by atoms with Gasteiger partial charge in [-0.25, -0.2) is 4.98 Å². The fourth-order valence-electron chi connectivity index (χ4n) is 4.62. The van der Waals surface area contributed by atoms with E-state index >= 15 is 0 Å². The van der Waals surface area contributed by atoms with Crippen LogP contribution in [0.2, 0.25) is 5.15 Å². The second-order valence-corrected chi connectivity index (χ2v) is 9.42. The number of anilines is 1. The Morgan fingerprint density at radius 1 is 1.26 bits per heavy atom. The maximum absolute atomic E-state index is 12.5. The highest BCUT2D eigenvalue weighted by Crippen LogP contribution is 2.26. The number of halogens is 1. The molecule has 1 atom stereocenters. The number of nitrogens with zero attached hydrogens (tertiary/aromatic N) is 4. The lowest BCUT2D eigenvalue weighted by Crippen LogP contribution is -2.46. The van der Waals surface area contributed by atoms with Gasteiger partial charge in [0.2, 0.25) is 0 Å². The minimum Gasteiger partial charge on any atom is -0.379 e. The van der Waals surface area contributed by atoms with Crippen LogP contribution < -0.4 is 15.8 Å². The number of aromatic nitrogens is 3. The minimum absolute atomic E-state index is 0.0303. The Morgan fingerprint density at radius 3 is 2.80 bits per heavy atom. The maximum atomic E-state index is 12.5. The molecule has 2 N–H and O–H groups in total. The van der Waals surface area contributed by atoms with Crippen LogP contribution in [0.25, 0.3) is 11.0 Å². The minimum atomic E-state index is -0.227. The average Bonchev–Trinajstić information content (AvgIpc) is 3.37. The van der Waals surface area contributed by atoms with E-state index in [0.29, 0.717) is 30.5 Å². The zero-order valence-electron chi connectivity index (χ0n) is 19.7. The lowest BCUT2D eigenvalue weighted by atomic mass is 10.1.